The van der Waals surface area contributed by atoms with Gasteiger partial charge in [-0.2, -0.15) is 0 Å². The highest BCUT2D eigenvalue weighted by Crippen LogP contribution is 2.47. The van der Waals surface area contributed by atoms with Crippen molar-refractivity contribution in [1.82, 2.24) is 0 Å². The zero-order chi connectivity index (χ0) is 13.9. The van der Waals surface area contributed by atoms with Crippen LogP contribution in [0.4, 0.5) is 10.1 Å². The molecule has 20 heavy (non-hydrogen) atoms. The first-order valence-electron chi connectivity index (χ1n) is 6.25. The van der Waals surface area contributed by atoms with Crippen LogP contribution in [0.2, 0.25) is 0 Å². The van der Waals surface area contributed by atoms with E-state index in [2.05, 4.69) is 5.32 Å². The third-order valence-corrected chi connectivity index (χ3v) is 4.52. The van der Waals surface area contributed by atoms with Gasteiger partial charge in [-0.25, -0.2) is 4.39 Å². The summed E-state index contributed by atoms with van der Waals surface area (Å²) in [6.07, 6.45) is -0.0795. The smallest absolute Gasteiger partial charge is 0.260 e. The second-order valence-corrected chi connectivity index (χ2v) is 5.73. The van der Waals surface area contributed by atoms with Gasteiger partial charge in [0.25, 0.3) is 5.91 Å². The Hall–Kier alpha value is -2.14. The van der Waals surface area contributed by atoms with Crippen LogP contribution in [0.5, 0.6) is 0 Å². The van der Waals surface area contributed by atoms with Crippen molar-refractivity contribution in [3.05, 3.63) is 51.5 Å². The van der Waals surface area contributed by atoms with Gasteiger partial charge in [0.15, 0.2) is 5.76 Å². The summed E-state index contributed by atoms with van der Waals surface area (Å²) in [7, 11) is 0. The van der Waals surface area contributed by atoms with Crippen LogP contribution in [0.3, 0.4) is 0 Å². The predicted octanol–water partition coefficient (Wildman–Crippen LogP) is 3.80. The Morgan fingerprint density at radius 3 is 3.05 bits per heavy atom. The Bertz CT molecular complexity index is 778. The van der Waals surface area contributed by atoms with Gasteiger partial charge in [0.2, 0.25) is 0 Å². The molecule has 1 aromatic carbocycles. The van der Waals surface area contributed by atoms with Crippen molar-refractivity contribution in [2.45, 2.75) is 13.0 Å². The standard InChI is InChI=1S/C15H10FNO2S/c1-7-9-4-5-20-14(9)13(19-7)12-10-6-8(16)2-3-11(10)17-15(12)18/h2-7H,1H3,(H,17,18). The maximum Gasteiger partial charge on any atom is 0.260 e. The van der Waals surface area contributed by atoms with Gasteiger partial charge >= 0.3 is 0 Å². The second-order valence-electron chi connectivity index (χ2n) is 4.81. The highest BCUT2D eigenvalue weighted by molar-refractivity contribution is 7.11. The number of fused-ring (bicyclic) bond motifs is 2. The van der Waals surface area contributed by atoms with E-state index in [-0.39, 0.29) is 17.8 Å². The van der Waals surface area contributed by atoms with Gasteiger partial charge < -0.3 is 10.1 Å². The lowest BCUT2D eigenvalue weighted by atomic mass is 10.0. The summed E-state index contributed by atoms with van der Waals surface area (Å²) >= 11 is 1.54. The summed E-state index contributed by atoms with van der Waals surface area (Å²) in [4.78, 5) is 13.2. The van der Waals surface area contributed by atoms with Crippen LogP contribution in [0.1, 0.15) is 29.0 Å². The molecule has 4 rings (SSSR count). The van der Waals surface area contributed by atoms with E-state index in [9.17, 15) is 9.18 Å². The number of hydrogen-bond donors (Lipinski definition) is 1. The Labute approximate surface area is 118 Å². The molecule has 5 heteroatoms. The molecule has 1 aromatic heterocycles. The number of benzene rings is 1. The topological polar surface area (TPSA) is 38.3 Å². The largest absolute Gasteiger partial charge is 0.484 e. The normalized spacial score (nSPS) is 23.3. The zero-order valence-electron chi connectivity index (χ0n) is 10.6. The number of ether oxygens (including phenoxy) is 1. The van der Waals surface area contributed by atoms with Crippen molar-refractivity contribution in [3.63, 3.8) is 0 Å². The average Bonchev–Trinajstić information content (AvgIpc) is 3.06. The SMILES string of the molecule is CC1OC(=C2C(=O)Nc3ccc(F)cc32)c2sccc21. The summed E-state index contributed by atoms with van der Waals surface area (Å²) in [5, 5.41) is 4.73. The van der Waals surface area contributed by atoms with Gasteiger partial charge in [0, 0.05) is 16.8 Å². The Balaban J connectivity index is 1.99. The molecule has 0 aliphatic carbocycles. The molecule has 2 aliphatic rings. The predicted molar refractivity (Wildman–Crippen MR) is 75.7 cm³/mol. The van der Waals surface area contributed by atoms with Crippen LogP contribution >= 0.6 is 11.3 Å². The van der Waals surface area contributed by atoms with Crippen molar-refractivity contribution >= 4 is 34.3 Å². The molecule has 0 saturated carbocycles. The van der Waals surface area contributed by atoms with E-state index in [0.717, 1.165) is 10.4 Å². The number of nitrogens with one attached hydrogen (secondary N) is 1. The number of rotatable bonds is 0. The molecule has 100 valence electrons. The van der Waals surface area contributed by atoms with Gasteiger partial charge in [-0.15, -0.1) is 11.3 Å². The lowest BCUT2D eigenvalue weighted by Crippen LogP contribution is -2.05. The number of halogens is 1. The van der Waals surface area contributed by atoms with Crippen molar-refractivity contribution in [2.75, 3.05) is 5.32 Å². The van der Waals surface area contributed by atoms with E-state index in [1.54, 1.807) is 6.07 Å². The van der Waals surface area contributed by atoms with Crippen molar-refractivity contribution < 1.29 is 13.9 Å². The van der Waals surface area contributed by atoms with E-state index in [0.29, 0.717) is 22.6 Å². The molecular weight excluding hydrogens is 277 g/mol. The summed E-state index contributed by atoms with van der Waals surface area (Å²) in [6, 6.07) is 6.28. The minimum Gasteiger partial charge on any atom is -0.484 e. The highest BCUT2D eigenvalue weighted by atomic mass is 32.1. The zero-order valence-corrected chi connectivity index (χ0v) is 11.4. The summed E-state index contributed by atoms with van der Waals surface area (Å²) in [5.74, 6) is -0.0470. The molecule has 2 aliphatic heterocycles. The third kappa shape index (κ3) is 1.47. The molecule has 2 aromatic rings. The maximum atomic E-state index is 13.5. The van der Waals surface area contributed by atoms with E-state index >= 15 is 0 Å². The molecule has 3 nitrogen and oxygen atoms in total. The second kappa shape index (κ2) is 3.93. The molecule has 3 heterocycles. The number of carbonyl (C=O) groups excluding carboxylic acids is 1. The first-order chi connectivity index (χ1) is 9.65. The van der Waals surface area contributed by atoms with E-state index < -0.39 is 0 Å². The molecule has 1 N–H and O–H groups in total. The average molecular weight is 287 g/mol. The van der Waals surface area contributed by atoms with Crippen LogP contribution in [-0.2, 0) is 9.53 Å². The lowest BCUT2D eigenvalue weighted by Gasteiger charge is -2.07. The van der Waals surface area contributed by atoms with Crippen molar-refractivity contribution in [3.8, 4) is 0 Å². The number of thiophene rings is 1. The van der Waals surface area contributed by atoms with Crippen molar-refractivity contribution in [2.24, 2.45) is 0 Å². The molecule has 1 atom stereocenters. The van der Waals surface area contributed by atoms with Crippen LogP contribution < -0.4 is 5.32 Å². The van der Waals surface area contributed by atoms with Gasteiger partial charge in [0.1, 0.15) is 11.9 Å². The molecule has 0 fully saturated rings. The van der Waals surface area contributed by atoms with Gasteiger partial charge in [-0.3, -0.25) is 4.79 Å². The van der Waals surface area contributed by atoms with Crippen LogP contribution in [-0.4, -0.2) is 5.91 Å². The lowest BCUT2D eigenvalue weighted by molar-refractivity contribution is -0.110. The Morgan fingerprint density at radius 2 is 2.20 bits per heavy atom. The van der Waals surface area contributed by atoms with Gasteiger partial charge in [0.05, 0.1) is 10.5 Å². The highest BCUT2D eigenvalue weighted by Gasteiger charge is 2.35. The number of anilines is 1. The monoisotopic (exact) mass is 287 g/mol. The van der Waals surface area contributed by atoms with E-state index in [4.69, 9.17) is 4.74 Å². The summed E-state index contributed by atoms with van der Waals surface area (Å²) in [5.41, 5.74) is 2.70. The minimum atomic E-state index is -0.365. The van der Waals surface area contributed by atoms with Crippen LogP contribution in [0.25, 0.3) is 11.3 Å². The number of amides is 1. The quantitative estimate of drug-likeness (QED) is 0.748. The molecule has 0 radical (unpaired) electrons. The maximum absolute atomic E-state index is 13.5. The number of carbonyl (C=O) groups is 1. The fourth-order valence-corrected chi connectivity index (χ4v) is 3.63. The molecule has 1 amide bonds. The van der Waals surface area contributed by atoms with Crippen molar-refractivity contribution in [1.29, 1.82) is 0 Å². The van der Waals surface area contributed by atoms with E-state index in [1.165, 1.54) is 23.5 Å². The first kappa shape index (κ1) is 11.7. The fourth-order valence-electron chi connectivity index (χ4n) is 2.65. The Kier molecular flexibility index (Phi) is 2.29. The van der Waals surface area contributed by atoms with Gasteiger partial charge in [-0.05, 0) is 36.6 Å². The molecular formula is C15H10FNO2S. The van der Waals surface area contributed by atoms with E-state index in [1.807, 2.05) is 18.4 Å². The minimum absolute atomic E-state index is 0.0795. The van der Waals surface area contributed by atoms with Crippen LogP contribution in [0.15, 0.2) is 29.6 Å². The van der Waals surface area contributed by atoms with Crippen LogP contribution in [0, 0.1) is 5.82 Å². The first-order valence-corrected chi connectivity index (χ1v) is 7.13. The fraction of sp³-hybridized carbons (Fsp3) is 0.133. The molecule has 1 unspecified atom stereocenters. The Morgan fingerprint density at radius 1 is 1.35 bits per heavy atom. The number of hydrogen-bond acceptors (Lipinski definition) is 3. The molecule has 0 bridgehead atoms. The summed E-state index contributed by atoms with van der Waals surface area (Å²) < 4.78 is 19.3. The third-order valence-electron chi connectivity index (χ3n) is 3.59. The summed E-state index contributed by atoms with van der Waals surface area (Å²) in [6.45, 7) is 1.94. The molecule has 0 spiro atoms. The van der Waals surface area contributed by atoms with Gasteiger partial charge in [-0.1, -0.05) is 0 Å². The molecule has 0 saturated heterocycles.